The highest BCUT2D eigenvalue weighted by Crippen LogP contribution is 2.37. The van der Waals surface area contributed by atoms with E-state index in [9.17, 15) is 0 Å². The van der Waals surface area contributed by atoms with Crippen LogP contribution in [-0.4, -0.2) is 26.2 Å². The second-order valence-corrected chi connectivity index (χ2v) is 4.85. The molecule has 0 radical (unpaired) electrons. The molecule has 1 aromatic carbocycles. The zero-order chi connectivity index (χ0) is 14.2. The van der Waals surface area contributed by atoms with Crippen LogP contribution in [0, 0.1) is 18.3 Å². The van der Waals surface area contributed by atoms with E-state index in [1.54, 1.807) is 19.2 Å². The lowest BCUT2D eigenvalue weighted by molar-refractivity contribution is 0.419. The minimum atomic E-state index is 0.358. The Balaban J connectivity index is 3.01. The molecule has 0 bridgehead atoms. The van der Waals surface area contributed by atoms with Crippen molar-refractivity contribution in [3.8, 4) is 11.8 Å². The summed E-state index contributed by atoms with van der Waals surface area (Å²) >= 11 is 6.23. The zero-order valence-corrected chi connectivity index (χ0v) is 12.0. The largest absolute Gasteiger partial charge is 0.494 e. The number of halogens is 1. The van der Waals surface area contributed by atoms with E-state index in [-0.39, 0.29) is 0 Å². The van der Waals surface area contributed by atoms with E-state index in [2.05, 4.69) is 11.1 Å². The van der Waals surface area contributed by atoms with E-state index >= 15 is 0 Å². The summed E-state index contributed by atoms with van der Waals surface area (Å²) in [5.41, 5.74) is 2.85. The Hall–Kier alpha value is -1.99. The van der Waals surface area contributed by atoms with E-state index in [4.69, 9.17) is 21.6 Å². The third-order valence-corrected chi connectivity index (χ3v) is 3.43. The topological polar surface area (TPSA) is 49.1 Å². The molecule has 4 nitrogen and oxygen atoms in total. The van der Waals surface area contributed by atoms with Gasteiger partial charge in [-0.05, 0) is 18.6 Å². The van der Waals surface area contributed by atoms with Crippen molar-refractivity contribution in [1.29, 1.82) is 5.26 Å². The monoisotopic (exact) mass is 275 g/mol. The molecule has 0 saturated carbocycles. The maximum absolute atomic E-state index is 9.09. The predicted octanol–water partition coefficient (Wildman–Crippen LogP) is 3.14. The molecule has 0 fully saturated rings. The average molecular weight is 276 g/mol. The van der Waals surface area contributed by atoms with Gasteiger partial charge in [-0.3, -0.25) is 0 Å². The molecule has 5 heteroatoms. The number of hydrogen-bond acceptors (Lipinski definition) is 4. The van der Waals surface area contributed by atoms with Crippen LogP contribution in [0.15, 0.2) is 12.1 Å². The van der Waals surface area contributed by atoms with Crippen LogP contribution in [0.5, 0.6) is 5.75 Å². The molecule has 1 heterocycles. The van der Waals surface area contributed by atoms with Gasteiger partial charge in [0.2, 0.25) is 0 Å². The highest BCUT2D eigenvalue weighted by Gasteiger charge is 2.16. The van der Waals surface area contributed by atoms with Crippen LogP contribution in [-0.2, 0) is 0 Å². The van der Waals surface area contributed by atoms with Crippen LogP contribution in [0.2, 0.25) is 5.02 Å². The summed E-state index contributed by atoms with van der Waals surface area (Å²) in [6.07, 6.45) is 0. The second kappa shape index (κ2) is 4.94. The van der Waals surface area contributed by atoms with E-state index in [0.717, 1.165) is 16.6 Å². The van der Waals surface area contributed by atoms with Gasteiger partial charge in [0.05, 0.1) is 7.11 Å². The SMILES string of the molecule is COc1cc(Cl)c(C)c2c(N(C)C)cc(C#N)nc12. The fourth-order valence-electron chi connectivity index (χ4n) is 2.06. The van der Waals surface area contributed by atoms with Gasteiger partial charge in [-0.15, -0.1) is 0 Å². The second-order valence-electron chi connectivity index (χ2n) is 4.44. The molecule has 19 heavy (non-hydrogen) atoms. The van der Waals surface area contributed by atoms with Gasteiger partial charge in [-0.2, -0.15) is 5.26 Å². The summed E-state index contributed by atoms with van der Waals surface area (Å²) in [5, 5.41) is 10.6. The fraction of sp³-hybridized carbons (Fsp3) is 0.286. The van der Waals surface area contributed by atoms with Crippen LogP contribution in [0.4, 0.5) is 5.69 Å². The van der Waals surface area contributed by atoms with Gasteiger partial charge in [0, 0.05) is 36.3 Å². The number of nitrogens with zero attached hydrogens (tertiary/aromatic N) is 3. The molecular formula is C14H14ClN3O. The summed E-state index contributed by atoms with van der Waals surface area (Å²) in [6, 6.07) is 5.56. The van der Waals surface area contributed by atoms with Gasteiger partial charge in [0.25, 0.3) is 0 Å². The Morgan fingerprint density at radius 2 is 2.05 bits per heavy atom. The first-order valence-electron chi connectivity index (χ1n) is 5.74. The lowest BCUT2D eigenvalue weighted by atomic mass is 10.1. The predicted molar refractivity (Wildman–Crippen MR) is 77.1 cm³/mol. The maximum Gasteiger partial charge on any atom is 0.146 e. The lowest BCUT2D eigenvalue weighted by Gasteiger charge is -2.19. The van der Waals surface area contributed by atoms with Crippen molar-refractivity contribution in [2.24, 2.45) is 0 Å². The number of aromatic nitrogens is 1. The summed E-state index contributed by atoms with van der Waals surface area (Å²) in [7, 11) is 5.40. The van der Waals surface area contributed by atoms with Gasteiger partial charge in [-0.25, -0.2) is 4.98 Å². The van der Waals surface area contributed by atoms with Crippen LogP contribution < -0.4 is 9.64 Å². The molecule has 2 rings (SSSR count). The number of aryl methyl sites for hydroxylation is 1. The van der Waals surface area contributed by atoms with Gasteiger partial charge in [0.1, 0.15) is 23.0 Å². The van der Waals surface area contributed by atoms with Crippen molar-refractivity contribution in [3.05, 3.63) is 28.4 Å². The Morgan fingerprint density at radius 1 is 1.37 bits per heavy atom. The summed E-state index contributed by atoms with van der Waals surface area (Å²) in [6.45, 7) is 1.94. The van der Waals surface area contributed by atoms with E-state index in [0.29, 0.717) is 22.0 Å². The van der Waals surface area contributed by atoms with Crippen LogP contribution in [0.25, 0.3) is 10.9 Å². The summed E-state index contributed by atoms with van der Waals surface area (Å²) < 4.78 is 5.32. The molecule has 0 unspecified atom stereocenters. The highest BCUT2D eigenvalue weighted by atomic mass is 35.5. The Bertz CT molecular complexity index is 689. The van der Waals surface area contributed by atoms with E-state index < -0.39 is 0 Å². The standard InChI is InChI=1S/C14H14ClN3O/c1-8-10(15)6-12(19-4)14-13(8)11(18(2)3)5-9(7-16)17-14/h5-6H,1-4H3. The third kappa shape index (κ3) is 2.18. The Morgan fingerprint density at radius 3 is 2.58 bits per heavy atom. The molecule has 0 aliphatic rings. The quantitative estimate of drug-likeness (QED) is 0.845. The molecule has 0 aliphatic heterocycles. The highest BCUT2D eigenvalue weighted by molar-refractivity contribution is 6.33. The van der Waals surface area contributed by atoms with Gasteiger partial charge in [-0.1, -0.05) is 11.6 Å². The van der Waals surface area contributed by atoms with Crippen molar-refractivity contribution in [1.82, 2.24) is 4.98 Å². The number of hydrogen-bond donors (Lipinski definition) is 0. The van der Waals surface area contributed by atoms with Crippen molar-refractivity contribution < 1.29 is 4.74 Å². The number of nitriles is 1. The average Bonchev–Trinajstić information content (AvgIpc) is 2.41. The minimum absolute atomic E-state index is 0.358. The number of rotatable bonds is 2. The van der Waals surface area contributed by atoms with Gasteiger partial charge in [0.15, 0.2) is 0 Å². The number of benzene rings is 1. The fourth-order valence-corrected chi connectivity index (χ4v) is 2.25. The number of methoxy groups -OCH3 is 1. The zero-order valence-electron chi connectivity index (χ0n) is 11.3. The third-order valence-electron chi connectivity index (χ3n) is 3.04. The van der Waals surface area contributed by atoms with Crippen molar-refractivity contribution >= 4 is 28.2 Å². The normalized spacial score (nSPS) is 10.3. The van der Waals surface area contributed by atoms with Crippen LogP contribution >= 0.6 is 11.6 Å². The molecule has 0 aliphatic carbocycles. The van der Waals surface area contributed by atoms with E-state index in [1.165, 1.54) is 0 Å². The Labute approximate surface area is 117 Å². The van der Waals surface area contributed by atoms with E-state index in [1.807, 2.05) is 25.9 Å². The maximum atomic E-state index is 9.09. The first-order valence-corrected chi connectivity index (χ1v) is 6.12. The number of fused-ring (bicyclic) bond motifs is 1. The first kappa shape index (κ1) is 13.4. The molecule has 0 saturated heterocycles. The molecule has 0 amide bonds. The number of pyridine rings is 1. The number of ether oxygens (including phenoxy) is 1. The molecule has 0 N–H and O–H groups in total. The number of anilines is 1. The molecule has 0 atom stereocenters. The van der Waals surface area contributed by atoms with Crippen molar-refractivity contribution in [3.63, 3.8) is 0 Å². The summed E-state index contributed by atoms with van der Waals surface area (Å²) in [5.74, 6) is 0.575. The van der Waals surface area contributed by atoms with Crippen molar-refractivity contribution in [2.75, 3.05) is 26.1 Å². The summed E-state index contributed by atoms with van der Waals surface area (Å²) in [4.78, 5) is 6.28. The van der Waals surface area contributed by atoms with Crippen molar-refractivity contribution in [2.45, 2.75) is 6.92 Å². The molecule has 2 aromatic rings. The van der Waals surface area contributed by atoms with Gasteiger partial charge < -0.3 is 9.64 Å². The first-order chi connectivity index (χ1) is 8.99. The molecular weight excluding hydrogens is 262 g/mol. The van der Waals surface area contributed by atoms with Crippen LogP contribution in [0.3, 0.4) is 0 Å². The Kier molecular flexibility index (Phi) is 3.50. The lowest BCUT2D eigenvalue weighted by Crippen LogP contribution is -2.11. The smallest absolute Gasteiger partial charge is 0.146 e. The van der Waals surface area contributed by atoms with Gasteiger partial charge >= 0.3 is 0 Å². The van der Waals surface area contributed by atoms with Crippen LogP contribution in [0.1, 0.15) is 11.3 Å². The molecule has 1 aromatic heterocycles. The minimum Gasteiger partial charge on any atom is -0.494 e. The molecule has 98 valence electrons. The molecule has 0 spiro atoms.